The van der Waals surface area contributed by atoms with Crippen molar-refractivity contribution in [2.45, 2.75) is 31.8 Å². The minimum atomic E-state index is -0.430. The number of aryl methyl sites for hydroxylation is 1. The molecular formula is C20H22FN3O. The van der Waals surface area contributed by atoms with E-state index in [0.717, 1.165) is 24.2 Å². The molecule has 0 bridgehead atoms. The van der Waals surface area contributed by atoms with Gasteiger partial charge in [-0.2, -0.15) is 0 Å². The van der Waals surface area contributed by atoms with Crippen molar-refractivity contribution in [3.8, 4) is 0 Å². The molecule has 2 heterocycles. The Balaban J connectivity index is 1.52. The Morgan fingerprint density at radius 1 is 1.24 bits per heavy atom. The van der Waals surface area contributed by atoms with Gasteiger partial charge in [-0.25, -0.2) is 4.39 Å². The van der Waals surface area contributed by atoms with E-state index in [2.05, 4.69) is 28.1 Å². The molecule has 5 heteroatoms. The van der Waals surface area contributed by atoms with E-state index in [-0.39, 0.29) is 17.8 Å². The Labute approximate surface area is 146 Å². The van der Waals surface area contributed by atoms with E-state index in [4.69, 9.17) is 0 Å². The van der Waals surface area contributed by atoms with E-state index in [9.17, 15) is 9.18 Å². The predicted molar refractivity (Wildman–Crippen MR) is 96.2 cm³/mol. The molecule has 130 valence electrons. The first-order valence-electron chi connectivity index (χ1n) is 8.77. The summed E-state index contributed by atoms with van der Waals surface area (Å²) < 4.78 is 14.0. The molecule has 0 aliphatic carbocycles. The second-order valence-electron chi connectivity index (χ2n) is 6.83. The Morgan fingerprint density at radius 3 is 2.92 bits per heavy atom. The highest BCUT2D eigenvalue weighted by atomic mass is 19.1. The maximum atomic E-state index is 14.0. The van der Waals surface area contributed by atoms with Crippen LogP contribution in [0.15, 0.2) is 36.4 Å². The summed E-state index contributed by atoms with van der Waals surface area (Å²) in [6.07, 6.45) is 1.34. The Bertz CT molecular complexity index is 790. The molecule has 2 aliphatic heterocycles. The summed E-state index contributed by atoms with van der Waals surface area (Å²) in [5, 5.41) is 9.72. The fraction of sp³-hybridized carbons (Fsp3) is 0.350. The molecular weight excluding hydrogens is 317 g/mol. The molecule has 25 heavy (non-hydrogen) atoms. The summed E-state index contributed by atoms with van der Waals surface area (Å²) in [6.45, 7) is 3.54. The van der Waals surface area contributed by atoms with Gasteiger partial charge in [-0.1, -0.05) is 30.3 Å². The summed E-state index contributed by atoms with van der Waals surface area (Å²) in [6, 6.07) is 10.9. The van der Waals surface area contributed by atoms with Crippen molar-refractivity contribution in [2.24, 2.45) is 0 Å². The monoisotopic (exact) mass is 339 g/mol. The number of hydrogen-bond donors (Lipinski definition) is 3. The highest BCUT2D eigenvalue weighted by Gasteiger charge is 2.31. The van der Waals surface area contributed by atoms with Crippen LogP contribution in [0.4, 0.5) is 10.1 Å². The van der Waals surface area contributed by atoms with Crippen LogP contribution in [-0.2, 0) is 17.6 Å². The van der Waals surface area contributed by atoms with Gasteiger partial charge in [-0.05, 0) is 42.6 Å². The van der Waals surface area contributed by atoms with Crippen LogP contribution in [0.2, 0.25) is 0 Å². The van der Waals surface area contributed by atoms with Gasteiger partial charge >= 0.3 is 0 Å². The Hall–Kier alpha value is -2.40. The first kappa shape index (κ1) is 16.1. The van der Waals surface area contributed by atoms with Crippen LogP contribution in [0.25, 0.3) is 0 Å². The zero-order valence-corrected chi connectivity index (χ0v) is 14.2. The molecule has 3 N–H and O–H groups in total. The van der Waals surface area contributed by atoms with Crippen LogP contribution in [0.3, 0.4) is 0 Å². The molecule has 0 aromatic heterocycles. The third-order valence-corrected chi connectivity index (χ3v) is 5.17. The van der Waals surface area contributed by atoms with Gasteiger partial charge in [0.25, 0.3) is 0 Å². The molecule has 4 nitrogen and oxygen atoms in total. The zero-order chi connectivity index (χ0) is 17.4. The molecule has 4 rings (SSSR count). The number of carbonyl (C=O) groups excluding carboxylic acids is 1. The van der Waals surface area contributed by atoms with E-state index < -0.39 is 6.04 Å². The lowest BCUT2D eigenvalue weighted by atomic mass is 9.99. The SMILES string of the molecule is Cc1ccc(F)c2c1NC(C(=O)NC1CNCCc3ccccc31)C2. The van der Waals surface area contributed by atoms with Crippen LogP contribution in [0.5, 0.6) is 0 Å². The Morgan fingerprint density at radius 2 is 2.08 bits per heavy atom. The standard InChI is InChI=1S/C20H22FN3O/c1-12-6-7-16(21)15-10-17(23-19(12)15)20(25)24-18-11-22-9-8-13-4-2-3-5-14(13)18/h2-7,17-18,22-23H,8-11H2,1H3,(H,24,25). The summed E-state index contributed by atoms with van der Waals surface area (Å²) in [5.74, 6) is -0.330. The second-order valence-corrected chi connectivity index (χ2v) is 6.83. The second kappa shape index (κ2) is 6.48. The van der Waals surface area contributed by atoms with Gasteiger partial charge in [-0.3, -0.25) is 4.79 Å². The largest absolute Gasteiger partial charge is 0.373 e. The number of hydrogen-bond acceptors (Lipinski definition) is 3. The van der Waals surface area contributed by atoms with E-state index >= 15 is 0 Å². The molecule has 2 atom stereocenters. The number of nitrogens with one attached hydrogen (secondary N) is 3. The Kier molecular flexibility index (Phi) is 4.17. The molecule has 0 saturated heterocycles. The van der Waals surface area contributed by atoms with E-state index in [1.807, 2.05) is 19.1 Å². The molecule has 2 aromatic carbocycles. The molecule has 0 fully saturated rings. The summed E-state index contributed by atoms with van der Waals surface area (Å²) in [5.41, 5.74) is 4.77. The fourth-order valence-electron chi connectivity index (χ4n) is 3.81. The maximum Gasteiger partial charge on any atom is 0.243 e. The fourth-order valence-corrected chi connectivity index (χ4v) is 3.81. The smallest absolute Gasteiger partial charge is 0.243 e. The highest BCUT2D eigenvalue weighted by molar-refractivity contribution is 5.88. The lowest BCUT2D eigenvalue weighted by molar-refractivity contribution is -0.122. The number of anilines is 1. The number of halogens is 1. The number of benzene rings is 2. The van der Waals surface area contributed by atoms with Crippen LogP contribution in [-0.4, -0.2) is 25.0 Å². The molecule has 0 spiro atoms. The molecule has 0 radical (unpaired) electrons. The van der Waals surface area contributed by atoms with Gasteiger partial charge in [-0.15, -0.1) is 0 Å². The predicted octanol–water partition coefficient (Wildman–Crippen LogP) is 2.47. The summed E-state index contributed by atoms with van der Waals surface area (Å²) in [4.78, 5) is 12.8. The van der Waals surface area contributed by atoms with Gasteiger partial charge in [0.1, 0.15) is 11.9 Å². The molecule has 0 saturated carbocycles. The zero-order valence-electron chi connectivity index (χ0n) is 14.2. The van der Waals surface area contributed by atoms with Crippen molar-refractivity contribution in [3.05, 3.63) is 64.5 Å². The average molecular weight is 339 g/mol. The summed E-state index contributed by atoms with van der Waals surface area (Å²) in [7, 11) is 0. The van der Waals surface area contributed by atoms with E-state index in [1.165, 1.54) is 17.2 Å². The number of carbonyl (C=O) groups is 1. The minimum absolute atomic E-state index is 0.0670. The molecule has 1 amide bonds. The van der Waals surface area contributed by atoms with Gasteiger partial charge in [0, 0.05) is 24.2 Å². The average Bonchev–Trinajstić information content (AvgIpc) is 2.99. The normalized spacial score (nSPS) is 21.7. The van der Waals surface area contributed by atoms with Crippen molar-refractivity contribution in [2.75, 3.05) is 18.4 Å². The lowest BCUT2D eigenvalue weighted by Crippen LogP contribution is -2.43. The quantitative estimate of drug-likeness (QED) is 0.788. The van der Waals surface area contributed by atoms with E-state index in [1.54, 1.807) is 6.07 Å². The lowest BCUT2D eigenvalue weighted by Gasteiger charge is -2.22. The van der Waals surface area contributed by atoms with Crippen molar-refractivity contribution >= 4 is 11.6 Å². The van der Waals surface area contributed by atoms with Crippen molar-refractivity contribution in [1.82, 2.24) is 10.6 Å². The van der Waals surface area contributed by atoms with Crippen molar-refractivity contribution < 1.29 is 9.18 Å². The first-order valence-corrected chi connectivity index (χ1v) is 8.77. The molecule has 2 aromatic rings. The molecule has 2 unspecified atom stereocenters. The highest BCUT2D eigenvalue weighted by Crippen LogP contribution is 2.32. The van der Waals surface area contributed by atoms with Gasteiger partial charge < -0.3 is 16.0 Å². The minimum Gasteiger partial charge on any atom is -0.373 e. The van der Waals surface area contributed by atoms with Crippen molar-refractivity contribution in [1.29, 1.82) is 0 Å². The first-order chi connectivity index (χ1) is 12.1. The summed E-state index contributed by atoms with van der Waals surface area (Å²) >= 11 is 0. The van der Waals surface area contributed by atoms with Crippen LogP contribution >= 0.6 is 0 Å². The molecule has 2 aliphatic rings. The van der Waals surface area contributed by atoms with Crippen LogP contribution in [0, 0.1) is 12.7 Å². The van der Waals surface area contributed by atoms with Gasteiger partial charge in [0.05, 0.1) is 6.04 Å². The topological polar surface area (TPSA) is 53.2 Å². The van der Waals surface area contributed by atoms with Crippen molar-refractivity contribution in [3.63, 3.8) is 0 Å². The third-order valence-electron chi connectivity index (χ3n) is 5.17. The van der Waals surface area contributed by atoms with Crippen LogP contribution < -0.4 is 16.0 Å². The third kappa shape index (κ3) is 3.00. The van der Waals surface area contributed by atoms with Crippen LogP contribution in [0.1, 0.15) is 28.3 Å². The van der Waals surface area contributed by atoms with Gasteiger partial charge in [0.15, 0.2) is 0 Å². The number of amides is 1. The number of fused-ring (bicyclic) bond motifs is 2. The van der Waals surface area contributed by atoms with Gasteiger partial charge in [0.2, 0.25) is 5.91 Å². The number of rotatable bonds is 2. The van der Waals surface area contributed by atoms with E-state index in [0.29, 0.717) is 18.5 Å². The maximum absolute atomic E-state index is 14.0.